The molecule has 1 amide bonds. The molecule has 1 unspecified atom stereocenters. The van der Waals surface area contributed by atoms with Crippen LogP contribution in [0.1, 0.15) is 18.1 Å². The molecular weight excluding hydrogens is 316 g/mol. The van der Waals surface area contributed by atoms with Crippen LogP contribution in [0.3, 0.4) is 0 Å². The van der Waals surface area contributed by atoms with Crippen molar-refractivity contribution in [3.8, 4) is 0 Å². The quantitative estimate of drug-likeness (QED) is 0.846. The minimum atomic E-state index is -0.0271. The predicted molar refractivity (Wildman–Crippen MR) is 102 cm³/mol. The number of para-hydroxylation sites is 1. The Morgan fingerprint density at radius 2 is 1.79 bits per heavy atom. The Bertz CT molecular complexity index is 689. The van der Waals surface area contributed by atoms with E-state index in [9.17, 15) is 4.79 Å². The van der Waals surface area contributed by atoms with Gasteiger partial charge in [-0.2, -0.15) is 0 Å². The van der Waals surface area contributed by atoms with Crippen molar-refractivity contribution >= 4 is 23.4 Å². The number of rotatable bonds is 4. The van der Waals surface area contributed by atoms with Crippen molar-refractivity contribution in [2.75, 3.05) is 25.0 Å². The first kappa shape index (κ1) is 16.9. The van der Waals surface area contributed by atoms with E-state index in [4.69, 9.17) is 0 Å². The molecule has 3 rings (SSSR count). The first-order valence-corrected chi connectivity index (χ1v) is 9.43. The van der Waals surface area contributed by atoms with Gasteiger partial charge in [-0.05, 0) is 24.1 Å². The summed E-state index contributed by atoms with van der Waals surface area (Å²) < 4.78 is 0. The van der Waals surface area contributed by atoms with E-state index in [1.807, 2.05) is 36.1 Å². The molecule has 24 heavy (non-hydrogen) atoms. The Kier molecular flexibility index (Phi) is 5.46. The highest BCUT2D eigenvalue weighted by atomic mass is 32.2. The van der Waals surface area contributed by atoms with Crippen molar-refractivity contribution in [2.45, 2.75) is 24.5 Å². The van der Waals surface area contributed by atoms with Crippen LogP contribution in [0.5, 0.6) is 0 Å². The number of nitrogens with zero attached hydrogens (tertiary/aromatic N) is 2. The number of anilines is 1. The van der Waals surface area contributed by atoms with Crippen LogP contribution in [0.2, 0.25) is 0 Å². The monoisotopic (exact) mass is 340 g/mol. The van der Waals surface area contributed by atoms with E-state index in [0.717, 1.165) is 18.8 Å². The molecule has 1 aliphatic rings. The summed E-state index contributed by atoms with van der Waals surface area (Å²) >= 11 is 1.72. The topological polar surface area (TPSA) is 23.6 Å². The SMILES string of the molecule is CC(SCc1ccccc1)C(=O)N1CCN(C)c2ccccc2C1. The van der Waals surface area contributed by atoms with Gasteiger partial charge in [0.25, 0.3) is 0 Å². The third-order valence-electron chi connectivity index (χ3n) is 4.47. The summed E-state index contributed by atoms with van der Waals surface area (Å²) in [6.07, 6.45) is 0. The Labute approximate surface area is 148 Å². The third-order valence-corrected chi connectivity index (χ3v) is 5.67. The maximum absolute atomic E-state index is 12.9. The molecule has 1 aliphatic heterocycles. The van der Waals surface area contributed by atoms with Crippen LogP contribution in [0, 0.1) is 0 Å². The minimum Gasteiger partial charge on any atom is -0.373 e. The van der Waals surface area contributed by atoms with Crippen LogP contribution in [0.4, 0.5) is 5.69 Å². The molecule has 0 saturated heterocycles. The van der Waals surface area contributed by atoms with Gasteiger partial charge in [-0.3, -0.25) is 4.79 Å². The number of fused-ring (bicyclic) bond motifs is 1. The minimum absolute atomic E-state index is 0.0271. The lowest BCUT2D eigenvalue weighted by molar-refractivity contribution is -0.130. The Morgan fingerprint density at radius 3 is 2.58 bits per heavy atom. The summed E-state index contributed by atoms with van der Waals surface area (Å²) in [5, 5.41) is -0.0271. The number of carbonyl (C=O) groups is 1. The lowest BCUT2D eigenvalue weighted by atomic mass is 10.1. The first-order chi connectivity index (χ1) is 11.6. The normalized spacial score (nSPS) is 15.6. The predicted octanol–water partition coefficient (Wildman–Crippen LogP) is 3.79. The standard InChI is InChI=1S/C20H24N2OS/c1-16(24-15-17-8-4-3-5-9-17)20(23)22-13-12-21(2)19-11-7-6-10-18(19)14-22/h3-11,16H,12-15H2,1-2H3. The molecule has 0 bridgehead atoms. The smallest absolute Gasteiger partial charge is 0.235 e. The summed E-state index contributed by atoms with van der Waals surface area (Å²) in [7, 11) is 2.10. The maximum atomic E-state index is 12.9. The zero-order valence-corrected chi connectivity index (χ0v) is 15.1. The van der Waals surface area contributed by atoms with Crippen LogP contribution in [0.25, 0.3) is 0 Å². The van der Waals surface area contributed by atoms with Crippen molar-refractivity contribution in [1.29, 1.82) is 0 Å². The summed E-state index contributed by atoms with van der Waals surface area (Å²) in [6, 6.07) is 18.7. The number of hydrogen-bond donors (Lipinski definition) is 0. The molecule has 0 saturated carbocycles. The Balaban J connectivity index is 1.64. The molecule has 3 nitrogen and oxygen atoms in total. The number of thioether (sulfide) groups is 1. The molecule has 0 aromatic heterocycles. The molecule has 0 radical (unpaired) electrons. The molecule has 2 aromatic rings. The summed E-state index contributed by atoms with van der Waals surface area (Å²) in [5.74, 6) is 1.11. The molecule has 0 N–H and O–H groups in total. The van der Waals surface area contributed by atoms with Gasteiger partial charge in [0.15, 0.2) is 0 Å². The van der Waals surface area contributed by atoms with Gasteiger partial charge in [0.2, 0.25) is 5.91 Å². The molecule has 2 aromatic carbocycles. The molecule has 0 fully saturated rings. The van der Waals surface area contributed by atoms with Crippen LogP contribution < -0.4 is 4.90 Å². The molecule has 126 valence electrons. The van der Waals surface area contributed by atoms with Crippen molar-refractivity contribution in [3.63, 3.8) is 0 Å². The second kappa shape index (κ2) is 7.75. The molecule has 0 aliphatic carbocycles. The highest BCUT2D eigenvalue weighted by molar-refractivity contribution is 7.99. The second-order valence-electron chi connectivity index (χ2n) is 6.25. The van der Waals surface area contributed by atoms with Gasteiger partial charge in [0.1, 0.15) is 0 Å². The fraction of sp³-hybridized carbons (Fsp3) is 0.350. The largest absolute Gasteiger partial charge is 0.373 e. The zero-order chi connectivity index (χ0) is 16.9. The molecule has 4 heteroatoms. The number of amides is 1. The highest BCUT2D eigenvalue weighted by Crippen LogP contribution is 2.26. The van der Waals surface area contributed by atoms with Crippen molar-refractivity contribution in [3.05, 3.63) is 65.7 Å². The van der Waals surface area contributed by atoms with Gasteiger partial charge in [0, 0.05) is 38.1 Å². The first-order valence-electron chi connectivity index (χ1n) is 8.38. The Hall–Kier alpha value is -1.94. The Morgan fingerprint density at radius 1 is 1.08 bits per heavy atom. The van der Waals surface area contributed by atoms with Gasteiger partial charge < -0.3 is 9.80 Å². The van der Waals surface area contributed by atoms with Crippen molar-refractivity contribution < 1.29 is 4.79 Å². The maximum Gasteiger partial charge on any atom is 0.235 e. The van der Waals surface area contributed by atoms with Gasteiger partial charge in [-0.15, -0.1) is 11.8 Å². The van der Waals surface area contributed by atoms with Crippen LogP contribution in [0.15, 0.2) is 54.6 Å². The summed E-state index contributed by atoms with van der Waals surface area (Å²) in [4.78, 5) is 17.1. The summed E-state index contributed by atoms with van der Waals surface area (Å²) in [6.45, 7) is 4.38. The van der Waals surface area contributed by atoms with Gasteiger partial charge in [0.05, 0.1) is 5.25 Å². The second-order valence-corrected chi connectivity index (χ2v) is 7.58. The van der Waals surface area contributed by atoms with Gasteiger partial charge in [-0.25, -0.2) is 0 Å². The van der Waals surface area contributed by atoms with E-state index in [1.165, 1.54) is 16.8 Å². The highest BCUT2D eigenvalue weighted by Gasteiger charge is 2.24. The van der Waals surface area contributed by atoms with E-state index < -0.39 is 0 Å². The molecular formula is C20H24N2OS. The van der Waals surface area contributed by atoms with E-state index in [2.05, 4.69) is 42.3 Å². The van der Waals surface area contributed by atoms with E-state index >= 15 is 0 Å². The van der Waals surface area contributed by atoms with Crippen LogP contribution in [-0.4, -0.2) is 36.2 Å². The number of benzene rings is 2. The molecule has 1 heterocycles. The average Bonchev–Trinajstić information content (AvgIpc) is 2.79. The molecule has 1 atom stereocenters. The number of likely N-dealkylation sites (N-methyl/N-ethyl adjacent to an activating group) is 1. The average molecular weight is 340 g/mol. The van der Waals surface area contributed by atoms with Crippen molar-refractivity contribution in [1.82, 2.24) is 4.90 Å². The van der Waals surface area contributed by atoms with Crippen LogP contribution in [-0.2, 0) is 17.1 Å². The van der Waals surface area contributed by atoms with Gasteiger partial charge >= 0.3 is 0 Å². The fourth-order valence-electron chi connectivity index (χ4n) is 3.00. The summed E-state index contributed by atoms with van der Waals surface area (Å²) in [5.41, 5.74) is 3.73. The van der Waals surface area contributed by atoms with E-state index in [0.29, 0.717) is 6.54 Å². The number of hydrogen-bond acceptors (Lipinski definition) is 3. The third kappa shape index (κ3) is 3.93. The van der Waals surface area contributed by atoms with E-state index in [-0.39, 0.29) is 11.2 Å². The number of carbonyl (C=O) groups excluding carboxylic acids is 1. The lowest BCUT2D eigenvalue weighted by Crippen LogP contribution is -2.38. The van der Waals surface area contributed by atoms with E-state index in [1.54, 1.807) is 11.8 Å². The fourth-order valence-corrected chi connectivity index (χ4v) is 3.93. The van der Waals surface area contributed by atoms with Crippen molar-refractivity contribution in [2.24, 2.45) is 0 Å². The van der Waals surface area contributed by atoms with Gasteiger partial charge in [-0.1, -0.05) is 48.5 Å². The van der Waals surface area contributed by atoms with Crippen LogP contribution >= 0.6 is 11.8 Å². The lowest BCUT2D eigenvalue weighted by Gasteiger charge is -2.24. The zero-order valence-electron chi connectivity index (χ0n) is 14.3. The molecule has 0 spiro atoms.